The van der Waals surface area contributed by atoms with Crippen LogP contribution in [-0.2, 0) is 10.2 Å². The molecule has 2 aromatic rings. The van der Waals surface area contributed by atoms with Crippen molar-refractivity contribution in [3.8, 4) is 0 Å². The lowest BCUT2D eigenvalue weighted by Crippen LogP contribution is -2.50. The highest BCUT2D eigenvalue weighted by atomic mass is 19.1. The van der Waals surface area contributed by atoms with Crippen LogP contribution in [0.5, 0.6) is 0 Å². The van der Waals surface area contributed by atoms with Crippen LogP contribution in [0.25, 0.3) is 0 Å². The topological polar surface area (TPSA) is 46.3 Å². The summed E-state index contributed by atoms with van der Waals surface area (Å²) in [7, 11) is 0. The first-order valence-corrected chi connectivity index (χ1v) is 8.96. The highest BCUT2D eigenvalue weighted by molar-refractivity contribution is 5.89. The van der Waals surface area contributed by atoms with Gasteiger partial charge in [0.1, 0.15) is 5.82 Å². The van der Waals surface area contributed by atoms with E-state index in [2.05, 4.69) is 12.1 Å². The second-order valence-corrected chi connectivity index (χ2v) is 7.34. The Bertz CT molecular complexity index is 772. The number of halogens is 1. The van der Waals surface area contributed by atoms with Crippen LogP contribution in [0.3, 0.4) is 0 Å². The van der Waals surface area contributed by atoms with Crippen LogP contribution in [0, 0.1) is 5.82 Å². The third kappa shape index (κ3) is 2.74. The van der Waals surface area contributed by atoms with Gasteiger partial charge in [-0.15, -0.1) is 0 Å². The van der Waals surface area contributed by atoms with Crippen LogP contribution in [-0.4, -0.2) is 29.9 Å². The molecule has 1 aliphatic carbocycles. The monoisotopic (exact) mass is 338 g/mol. The summed E-state index contributed by atoms with van der Waals surface area (Å²) in [6.07, 6.45) is 2.58. The van der Waals surface area contributed by atoms with E-state index >= 15 is 0 Å². The molecule has 3 nitrogen and oxygen atoms in total. The average Bonchev–Trinajstić information content (AvgIpc) is 2.96. The van der Waals surface area contributed by atoms with Crippen LogP contribution < -0.4 is 5.73 Å². The molecule has 130 valence electrons. The Morgan fingerprint density at radius 1 is 1.08 bits per heavy atom. The Morgan fingerprint density at radius 3 is 2.48 bits per heavy atom. The first kappa shape index (κ1) is 16.3. The highest BCUT2D eigenvalue weighted by Gasteiger charge is 2.49. The number of likely N-dealkylation sites (tertiary alicyclic amines) is 1. The Labute approximate surface area is 147 Å². The second kappa shape index (κ2) is 6.26. The Hall–Kier alpha value is -2.20. The lowest BCUT2D eigenvalue weighted by Gasteiger charge is -2.43. The number of carbonyl (C=O) groups excluding carboxylic acids is 1. The molecule has 25 heavy (non-hydrogen) atoms. The van der Waals surface area contributed by atoms with Crippen LogP contribution in [0.1, 0.15) is 36.3 Å². The minimum absolute atomic E-state index is 0.0593. The van der Waals surface area contributed by atoms with Crippen molar-refractivity contribution in [1.29, 1.82) is 0 Å². The van der Waals surface area contributed by atoms with E-state index in [1.54, 1.807) is 6.07 Å². The van der Waals surface area contributed by atoms with E-state index in [-0.39, 0.29) is 23.7 Å². The third-order valence-electron chi connectivity index (χ3n) is 5.87. The summed E-state index contributed by atoms with van der Waals surface area (Å²) in [5.41, 5.74) is 7.77. The molecule has 0 unspecified atom stereocenters. The van der Waals surface area contributed by atoms with Gasteiger partial charge in [0.05, 0.1) is 5.41 Å². The van der Waals surface area contributed by atoms with E-state index in [9.17, 15) is 9.18 Å². The summed E-state index contributed by atoms with van der Waals surface area (Å²) >= 11 is 0. The molecule has 1 amide bonds. The second-order valence-electron chi connectivity index (χ2n) is 7.34. The number of amides is 1. The van der Waals surface area contributed by atoms with E-state index < -0.39 is 5.41 Å². The molecule has 0 radical (unpaired) electrons. The normalized spacial score (nSPS) is 24.8. The van der Waals surface area contributed by atoms with Crippen molar-refractivity contribution in [2.24, 2.45) is 5.73 Å². The van der Waals surface area contributed by atoms with Crippen LogP contribution in [0.2, 0.25) is 0 Å². The predicted molar refractivity (Wildman–Crippen MR) is 95.7 cm³/mol. The highest BCUT2D eigenvalue weighted by Crippen LogP contribution is 2.46. The minimum atomic E-state index is -0.562. The van der Waals surface area contributed by atoms with Crippen molar-refractivity contribution in [2.45, 2.75) is 36.6 Å². The molecule has 2 N–H and O–H groups in total. The lowest BCUT2D eigenvalue weighted by molar-refractivity contribution is -0.139. The Kier molecular flexibility index (Phi) is 4.08. The molecule has 0 aromatic heterocycles. The van der Waals surface area contributed by atoms with Gasteiger partial charge in [-0.1, -0.05) is 48.9 Å². The van der Waals surface area contributed by atoms with Crippen LogP contribution in [0.4, 0.5) is 4.39 Å². The van der Waals surface area contributed by atoms with Gasteiger partial charge < -0.3 is 10.6 Å². The SMILES string of the molecule is N[C@@H]1CN(C(=O)C2(c3cccc(F)c3)CCC2)C[C@H]1c1ccccc1. The van der Waals surface area contributed by atoms with Crippen molar-refractivity contribution in [1.82, 2.24) is 4.90 Å². The largest absolute Gasteiger partial charge is 0.340 e. The summed E-state index contributed by atoms with van der Waals surface area (Å²) < 4.78 is 13.7. The minimum Gasteiger partial charge on any atom is -0.340 e. The fraction of sp³-hybridized carbons (Fsp3) is 0.381. The Balaban J connectivity index is 1.58. The molecule has 2 aromatic carbocycles. The quantitative estimate of drug-likeness (QED) is 0.934. The summed E-state index contributed by atoms with van der Waals surface area (Å²) in [4.78, 5) is 15.2. The zero-order chi connectivity index (χ0) is 17.4. The van der Waals surface area contributed by atoms with Crippen molar-refractivity contribution < 1.29 is 9.18 Å². The van der Waals surface area contributed by atoms with Gasteiger partial charge in [-0.25, -0.2) is 4.39 Å². The standard InChI is InChI=1S/C21H23FN2O/c22-17-9-4-8-16(12-17)21(10-5-11-21)20(25)24-13-18(19(23)14-24)15-6-2-1-3-7-15/h1-4,6-9,12,18-19H,5,10-11,13-14,23H2/t18-,19+/m0/s1. The molecule has 0 bridgehead atoms. The maximum Gasteiger partial charge on any atom is 0.233 e. The molecule has 4 heteroatoms. The molecular formula is C21H23FN2O. The van der Waals surface area contributed by atoms with Gasteiger partial charge >= 0.3 is 0 Å². The maximum absolute atomic E-state index is 13.7. The number of nitrogens with zero attached hydrogens (tertiary/aromatic N) is 1. The van der Waals surface area contributed by atoms with Gasteiger partial charge in [0.2, 0.25) is 5.91 Å². The van der Waals surface area contributed by atoms with Crippen LogP contribution in [0.15, 0.2) is 54.6 Å². The van der Waals surface area contributed by atoms with E-state index in [0.717, 1.165) is 24.8 Å². The summed E-state index contributed by atoms with van der Waals surface area (Å²) in [5.74, 6) is -0.00937. The first-order valence-electron chi connectivity index (χ1n) is 8.96. The summed E-state index contributed by atoms with van der Waals surface area (Å²) in [6, 6.07) is 16.6. The molecular weight excluding hydrogens is 315 g/mol. The van der Waals surface area contributed by atoms with E-state index in [1.807, 2.05) is 29.2 Å². The number of hydrogen-bond donors (Lipinski definition) is 1. The molecule has 1 saturated heterocycles. The van der Waals surface area contributed by atoms with Gasteiger partial charge in [-0.3, -0.25) is 4.79 Å². The molecule has 0 spiro atoms. The number of benzene rings is 2. The van der Waals surface area contributed by atoms with Gasteiger partial charge in [0, 0.05) is 25.0 Å². The first-order chi connectivity index (χ1) is 12.1. The fourth-order valence-corrected chi connectivity index (χ4v) is 4.29. The average molecular weight is 338 g/mol. The van der Waals surface area contributed by atoms with Gasteiger partial charge in [0.15, 0.2) is 0 Å². The molecule has 1 heterocycles. The van der Waals surface area contributed by atoms with Gasteiger partial charge in [-0.05, 0) is 36.1 Å². The van der Waals surface area contributed by atoms with Gasteiger partial charge in [0.25, 0.3) is 0 Å². The Morgan fingerprint density at radius 2 is 1.84 bits per heavy atom. The summed E-state index contributed by atoms with van der Waals surface area (Å²) in [6.45, 7) is 1.20. The molecule has 4 rings (SSSR count). The molecule has 2 aliphatic rings. The van der Waals surface area contributed by atoms with Crippen molar-refractivity contribution in [3.63, 3.8) is 0 Å². The number of rotatable bonds is 3. The molecule has 2 fully saturated rings. The number of nitrogens with two attached hydrogens (primary N) is 1. The predicted octanol–water partition coefficient (Wildman–Crippen LogP) is 3.20. The van der Waals surface area contributed by atoms with Crippen molar-refractivity contribution in [3.05, 3.63) is 71.5 Å². The molecule has 1 aliphatic heterocycles. The van der Waals surface area contributed by atoms with E-state index in [1.165, 1.54) is 17.7 Å². The number of hydrogen-bond acceptors (Lipinski definition) is 2. The van der Waals surface area contributed by atoms with Crippen LogP contribution >= 0.6 is 0 Å². The zero-order valence-corrected chi connectivity index (χ0v) is 14.2. The van der Waals surface area contributed by atoms with E-state index in [0.29, 0.717) is 13.1 Å². The number of carbonyl (C=O) groups is 1. The molecule has 2 atom stereocenters. The zero-order valence-electron chi connectivity index (χ0n) is 14.2. The summed E-state index contributed by atoms with van der Waals surface area (Å²) in [5, 5.41) is 0. The van der Waals surface area contributed by atoms with Gasteiger partial charge in [-0.2, -0.15) is 0 Å². The third-order valence-corrected chi connectivity index (χ3v) is 5.87. The van der Waals surface area contributed by atoms with Crippen molar-refractivity contribution in [2.75, 3.05) is 13.1 Å². The maximum atomic E-state index is 13.7. The molecule has 1 saturated carbocycles. The fourth-order valence-electron chi connectivity index (χ4n) is 4.29. The smallest absolute Gasteiger partial charge is 0.233 e. The van der Waals surface area contributed by atoms with E-state index in [4.69, 9.17) is 5.73 Å². The van der Waals surface area contributed by atoms with Crippen molar-refractivity contribution >= 4 is 5.91 Å². The lowest BCUT2D eigenvalue weighted by atomic mass is 9.63.